The van der Waals surface area contributed by atoms with Crippen LogP contribution in [0.2, 0.25) is 0 Å². The van der Waals surface area contributed by atoms with Crippen molar-refractivity contribution < 1.29 is 14.4 Å². The molecule has 0 aliphatic carbocycles. The summed E-state index contributed by atoms with van der Waals surface area (Å²) in [6.45, 7) is 0.226. The molecular weight excluding hydrogens is 296 g/mol. The van der Waals surface area contributed by atoms with Gasteiger partial charge in [-0.15, -0.1) is 11.3 Å². The van der Waals surface area contributed by atoms with Crippen LogP contribution in [0.1, 0.15) is 4.88 Å². The van der Waals surface area contributed by atoms with Gasteiger partial charge in [-0.05, 0) is 28.1 Å². The molecule has 5 nitrogen and oxygen atoms in total. The van der Waals surface area contributed by atoms with E-state index in [-0.39, 0.29) is 6.54 Å². The van der Waals surface area contributed by atoms with Crippen molar-refractivity contribution >= 4 is 45.1 Å². The molecule has 7 heteroatoms. The minimum atomic E-state index is -0.850. The zero-order valence-electron chi connectivity index (χ0n) is 8.03. The molecule has 1 aromatic heterocycles. The van der Waals surface area contributed by atoms with E-state index in [4.69, 9.17) is 0 Å². The SMILES string of the molecule is O=C1NC(=O)N(CCc2ccc(Br)s2)C1=O. The molecule has 0 bridgehead atoms. The third-order valence-corrected chi connectivity index (χ3v) is 3.80. The molecule has 0 aromatic carbocycles. The lowest BCUT2D eigenvalue weighted by Gasteiger charge is -2.09. The van der Waals surface area contributed by atoms with E-state index in [1.54, 1.807) is 0 Å². The summed E-state index contributed by atoms with van der Waals surface area (Å²) in [4.78, 5) is 35.3. The molecular formula is C9H7BrN2O3S. The molecule has 0 atom stereocenters. The number of rotatable bonds is 3. The quantitative estimate of drug-likeness (QED) is 0.672. The third kappa shape index (κ3) is 2.14. The minimum absolute atomic E-state index is 0.226. The lowest BCUT2D eigenvalue weighted by Crippen LogP contribution is -2.32. The molecule has 1 aromatic rings. The van der Waals surface area contributed by atoms with Gasteiger partial charge >= 0.3 is 17.8 Å². The first-order valence-electron chi connectivity index (χ1n) is 4.49. The van der Waals surface area contributed by atoms with E-state index >= 15 is 0 Å². The van der Waals surface area contributed by atoms with E-state index in [1.165, 1.54) is 11.3 Å². The van der Waals surface area contributed by atoms with Crippen molar-refractivity contribution in [3.05, 3.63) is 20.8 Å². The monoisotopic (exact) mass is 302 g/mol. The van der Waals surface area contributed by atoms with E-state index < -0.39 is 17.8 Å². The maximum Gasteiger partial charge on any atom is 0.331 e. The van der Waals surface area contributed by atoms with Crippen molar-refractivity contribution in [3.63, 3.8) is 0 Å². The van der Waals surface area contributed by atoms with E-state index in [0.29, 0.717) is 6.42 Å². The average molecular weight is 303 g/mol. The van der Waals surface area contributed by atoms with Crippen molar-refractivity contribution in [1.82, 2.24) is 10.2 Å². The molecule has 2 rings (SSSR count). The summed E-state index contributed by atoms with van der Waals surface area (Å²) in [5, 5.41) is 1.95. The summed E-state index contributed by atoms with van der Waals surface area (Å²) in [5.41, 5.74) is 0. The first-order valence-corrected chi connectivity index (χ1v) is 6.10. The number of hydrogen-bond acceptors (Lipinski definition) is 4. The zero-order chi connectivity index (χ0) is 11.7. The number of carbonyl (C=O) groups excluding carboxylic acids is 3. The van der Waals surface area contributed by atoms with Crippen LogP contribution in [0.4, 0.5) is 4.79 Å². The molecule has 1 fully saturated rings. The van der Waals surface area contributed by atoms with Crippen LogP contribution < -0.4 is 5.32 Å². The molecule has 84 valence electrons. The van der Waals surface area contributed by atoms with E-state index in [1.807, 2.05) is 17.4 Å². The highest BCUT2D eigenvalue weighted by molar-refractivity contribution is 9.11. The predicted molar refractivity (Wildman–Crippen MR) is 61.0 cm³/mol. The fourth-order valence-electron chi connectivity index (χ4n) is 1.34. The van der Waals surface area contributed by atoms with Crippen LogP contribution in [-0.4, -0.2) is 29.3 Å². The first kappa shape index (κ1) is 11.3. The maximum absolute atomic E-state index is 11.2. The van der Waals surface area contributed by atoms with Gasteiger partial charge in [-0.2, -0.15) is 0 Å². The molecule has 0 spiro atoms. The van der Waals surface area contributed by atoms with Gasteiger partial charge < -0.3 is 0 Å². The van der Waals surface area contributed by atoms with Crippen LogP contribution in [0, 0.1) is 0 Å². The van der Waals surface area contributed by atoms with Crippen molar-refractivity contribution in [1.29, 1.82) is 0 Å². The smallest absolute Gasteiger partial charge is 0.269 e. The maximum atomic E-state index is 11.2. The first-order chi connectivity index (χ1) is 7.58. The second kappa shape index (κ2) is 4.34. The predicted octanol–water partition coefficient (Wildman–Crippen LogP) is 1.13. The largest absolute Gasteiger partial charge is 0.331 e. The average Bonchev–Trinajstić information content (AvgIpc) is 2.72. The Hall–Kier alpha value is -1.21. The summed E-state index contributed by atoms with van der Waals surface area (Å²) >= 11 is 4.86. The number of carbonyl (C=O) groups is 3. The Labute approximate surface area is 104 Å². The highest BCUT2D eigenvalue weighted by atomic mass is 79.9. The van der Waals surface area contributed by atoms with Crippen LogP contribution >= 0.6 is 27.3 Å². The standard InChI is InChI=1S/C9H7BrN2O3S/c10-6-2-1-5(16-6)3-4-12-8(14)7(13)11-9(12)15/h1-2H,3-4H2,(H,11,13,15). The third-order valence-electron chi connectivity index (χ3n) is 2.12. The highest BCUT2D eigenvalue weighted by Crippen LogP contribution is 2.22. The molecule has 1 aliphatic rings. The van der Waals surface area contributed by atoms with E-state index in [0.717, 1.165) is 13.6 Å². The minimum Gasteiger partial charge on any atom is -0.269 e. The number of thiophene rings is 1. The van der Waals surface area contributed by atoms with Crippen molar-refractivity contribution in [3.8, 4) is 0 Å². The Balaban J connectivity index is 1.98. The number of imide groups is 2. The fraction of sp³-hybridized carbons (Fsp3) is 0.222. The summed E-state index contributed by atoms with van der Waals surface area (Å²) in [6, 6.07) is 3.18. The van der Waals surface area contributed by atoms with Gasteiger partial charge in [0.1, 0.15) is 0 Å². The molecule has 1 aliphatic heterocycles. The number of nitrogens with one attached hydrogen (secondary N) is 1. The van der Waals surface area contributed by atoms with Gasteiger partial charge in [0.2, 0.25) is 0 Å². The number of nitrogens with zero attached hydrogens (tertiary/aromatic N) is 1. The summed E-state index contributed by atoms with van der Waals surface area (Å²) in [5.74, 6) is -1.63. The van der Waals surface area contributed by atoms with Crippen molar-refractivity contribution in [2.75, 3.05) is 6.54 Å². The number of amides is 4. The lowest BCUT2D eigenvalue weighted by atomic mass is 10.3. The van der Waals surface area contributed by atoms with Crippen LogP contribution in [0.5, 0.6) is 0 Å². The van der Waals surface area contributed by atoms with Gasteiger partial charge in [0.15, 0.2) is 0 Å². The van der Waals surface area contributed by atoms with E-state index in [9.17, 15) is 14.4 Å². The molecule has 0 unspecified atom stereocenters. The van der Waals surface area contributed by atoms with Crippen LogP contribution in [0.3, 0.4) is 0 Å². The number of halogens is 1. The van der Waals surface area contributed by atoms with Gasteiger partial charge in [-0.1, -0.05) is 0 Å². The Morgan fingerprint density at radius 3 is 2.56 bits per heavy atom. The second-order valence-electron chi connectivity index (χ2n) is 3.17. The topological polar surface area (TPSA) is 66.5 Å². The molecule has 16 heavy (non-hydrogen) atoms. The lowest BCUT2D eigenvalue weighted by molar-refractivity contribution is -0.140. The Bertz CT molecular complexity index is 471. The van der Waals surface area contributed by atoms with E-state index in [2.05, 4.69) is 15.9 Å². The summed E-state index contributed by atoms with van der Waals surface area (Å²) in [6.07, 6.45) is 0.558. The molecule has 0 saturated carbocycles. The van der Waals surface area contributed by atoms with Crippen LogP contribution in [-0.2, 0) is 16.0 Å². The molecule has 1 N–H and O–H groups in total. The van der Waals surface area contributed by atoms with Gasteiger partial charge in [-0.3, -0.25) is 19.8 Å². The van der Waals surface area contributed by atoms with Crippen molar-refractivity contribution in [2.24, 2.45) is 0 Å². The normalized spacial score (nSPS) is 15.8. The van der Waals surface area contributed by atoms with Gasteiger partial charge in [0.25, 0.3) is 0 Å². The fourth-order valence-corrected chi connectivity index (χ4v) is 2.82. The number of hydrogen-bond donors (Lipinski definition) is 1. The Morgan fingerprint density at radius 2 is 2.06 bits per heavy atom. The van der Waals surface area contributed by atoms with Crippen LogP contribution in [0.15, 0.2) is 15.9 Å². The Morgan fingerprint density at radius 1 is 1.31 bits per heavy atom. The van der Waals surface area contributed by atoms with Gasteiger partial charge in [-0.25, -0.2) is 4.79 Å². The molecule has 1 saturated heterocycles. The van der Waals surface area contributed by atoms with Gasteiger partial charge in [0.05, 0.1) is 3.79 Å². The molecule has 4 amide bonds. The van der Waals surface area contributed by atoms with Gasteiger partial charge in [0, 0.05) is 17.8 Å². The summed E-state index contributed by atoms with van der Waals surface area (Å²) < 4.78 is 0.996. The second-order valence-corrected chi connectivity index (χ2v) is 5.72. The number of urea groups is 1. The molecule has 2 heterocycles. The zero-order valence-corrected chi connectivity index (χ0v) is 10.4. The van der Waals surface area contributed by atoms with Crippen molar-refractivity contribution in [2.45, 2.75) is 6.42 Å². The highest BCUT2D eigenvalue weighted by Gasteiger charge is 2.36. The Kier molecular flexibility index (Phi) is 3.06. The molecule has 0 radical (unpaired) electrons. The summed E-state index contributed by atoms with van der Waals surface area (Å²) in [7, 11) is 0. The van der Waals surface area contributed by atoms with Crippen LogP contribution in [0.25, 0.3) is 0 Å².